The molecule has 56 heavy (non-hydrogen) atoms. The average Bonchev–Trinajstić information content (AvgIpc) is 3.15. The van der Waals surface area contributed by atoms with E-state index in [0.717, 1.165) is 64.2 Å². The highest BCUT2D eigenvalue weighted by molar-refractivity contribution is 7.45. The number of phosphoric acid groups is 1. The van der Waals surface area contributed by atoms with Gasteiger partial charge in [0, 0.05) is 13.0 Å². The fraction of sp³-hybridized carbons (Fsp3) is 0.766. The van der Waals surface area contributed by atoms with Crippen molar-refractivity contribution in [3.8, 4) is 0 Å². The minimum Gasteiger partial charge on any atom is -0.756 e. The standard InChI is InChI=1S/C47H86NO7P/c1-6-8-10-12-14-16-18-20-21-22-23-24-25-26-27-28-30-32-34-36-38-40-47(49)55-46(45-54-56(50,51)53-43-41-48(3,4)5)44-52-42-39-37-35-33-31-29-19-17-15-13-11-9-7-2/h8,10,14-17,20-21,23-24,46H,6-7,9,11-13,18-19,22,25-45H2,1-5H3/b10-8-,16-14-,17-15-,21-20-,24-23-. The van der Waals surface area contributed by atoms with Gasteiger partial charge in [0.15, 0.2) is 0 Å². The van der Waals surface area contributed by atoms with Crippen LogP contribution in [0.15, 0.2) is 60.8 Å². The predicted molar refractivity (Wildman–Crippen MR) is 236 cm³/mol. The van der Waals surface area contributed by atoms with Crippen LogP contribution in [0.25, 0.3) is 0 Å². The molecule has 0 spiro atoms. The highest BCUT2D eigenvalue weighted by atomic mass is 31.2. The maximum absolute atomic E-state index is 12.7. The molecule has 0 fully saturated rings. The Labute approximate surface area is 345 Å². The number of quaternary nitrogens is 1. The number of allylic oxidation sites excluding steroid dienone is 10. The fourth-order valence-corrected chi connectivity index (χ4v) is 6.55. The Bertz CT molecular complexity index is 1080. The minimum atomic E-state index is -4.53. The second-order valence-corrected chi connectivity index (χ2v) is 17.4. The van der Waals surface area contributed by atoms with Gasteiger partial charge in [0.2, 0.25) is 0 Å². The van der Waals surface area contributed by atoms with Gasteiger partial charge in [-0.25, -0.2) is 0 Å². The fourth-order valence-electron chi connectivity index (χ4n) is 5.82. The molecule has 0 aromatic rings. The number of hydrogen-bond donors (Lipinski definition) is 0. The first-order valence-electron chi connectivity index (χ1n) is 22.5. The molecule has 0 amide bonds. The van der Waals surface area contributed by atoms with Crippen molar-refractivity contribution in [2.75, 3.05) is 54.1 Å². The summed E-state index contributed by atoms with van der Waals surface area (Å²) in [4.78, 5) is 25.1. The summed E-state index contributed by atoms with van der Waals surface area (Å²) in [7, 11) is 1.34. The molecular formula is C47H86NO7P. The number of unbranched alkanes of at least 4 members (excludes halogenated alkanes) is 17. The third-order valence-electron chi connectivity index (χ3n) is 9.30. The molecular weight excluding hydrogens is 721 g/mol. The molecule has 0 aliphatic carbocycles. The number of ether oxygens (including phenoxy) is 2. The zero-order valence-corrected chi connectivity index (χ0v) is 37.7. The lowest BCUT2D eigenvalue weighted by Crippen LogP contribution is -2.37. The summed E-state index contributed by atoms with van der Waals surface area (Å²) in [5, 5.41) is 0. The van der Waals surface area contributed by atoms with Crippen molar-refractivity contribution in [3.63, 3.8) is 0 Å². The van der Waals surface area contributed by atoms with Crippen LogP contribution < -0.4 is 4.89 Å². The summed E-state index contributed by atoms with van der Waals surface area (Å²) >= 11 is 0. The largest absolute Gasteiger partial charge is 0.756 e. The molecule has 0 aromatic heterocycles. The van der Waals surface area contributed by atoms with E-state index in [4.69, 9.17) is 18.5 Å². The van der Waals surface area contributed by atoms with Gasteiger partial charge in [0.1, 0.15) is 19.3 Å². The number of phosphoric ester groups is 1. The molecule has 0 radical (unpaired) electrons. The first-order valence-corrected chi connectivity index (χ1v) is 24.0. The van der Waals surface area contributed by atoms with Gasteiger partial charge in [-0.05, 0) is 77.0 Å². The van der Waals surface area contributed by atoms with Gasteiger partial charge >= 0.3 is 5.97 Å². The number of hydrogen-bond acceptors (Lipinski definition) is 7. The maximum atomic E-state index is 12.7. The minimum absolute atomic E-state index is 0.0208. The van der Waals surface area contributed by atoms with Gasteiger partial charge in [-0.3, -0.25) is 9.36 Å². The number of likely N-dealkylation sites (N-methyl/N-ethyl adjacent to an activating group) is 1. The molecule has 0 saturated heterocycles. The Balaban J connectivity index is 4.22. The van der Waals surface area contributed by atoms with E-state index in [0.29, 0.717) is 24.1 Å². The van der Waals surface area contributed by atoms with E-state index in [1.165, 1.54) is 89.9 Å². The predicted octanol–water partition coefficient (Wildman–Crippen LogP) is 12.7. The summed E-state index contributed by atoms with van der Waals surface area (Å²) in [5.74, 6) is -0.347. The van der Waals surface area contributed by atoms with E-state index in [1.54, 1.807) is 0 Å². The lowest BCUT2D eigenvalue weighted by atomic mass is 10.1. The van der Waals surface area contributed by atoms with E-state index < -0.39 is 13.9 Å². The van der Waals surface area contributed by atoms with Crippen molar-refractivity contribution >= 4 is 13.8 Å². The van der Waals surface area contributed by atoms with Crippen LogP contribution in [0.4, 0.5) is 0 Å². The van der Waals surface area contributed by atoms with Crippen molar-refractivity contribution in [1.82, 2.24) is 0 Å². The molecule has 0 aliphatic heterocycles. The molecule has 2 atom stereocenters. The van der Waals surface area contributed by atoms with Crippen LogP contribution in [0.1, 0.15) is 174 Å². The van der Waals surface area contributed by atoms with Gasteiger partial charge in [0.25, 0.3) is 7.82 Å². The van der Waals surface area contributed by atoms with Crippen LogP contribution in [0.3, 0.4) is 0 Å². The maximum Gasteiger partial charge on any atom is 0.306 e. The lowest BCUT2D eigenvalue weighted by molar-refractivity contribution is -0.870. The van der Waals surface area contributed by atoms with Crippen LogP contribution in [-0.4, -0.2) is 70.7 Å². The Morgan fingerprint density at radius 1 is 0.571 bits per heavy atom. The second-order valence-electron chi connectivity index (χ2n) is 16.0. The number of carbonyl (C=O) groups is 1. The Morgan fingerprint density at radius 3 is 1.57 bits per heavy atom. The van der Waals surface area contributed by atoms with Gasteiger partial charge in [-0.2, -0.15) is 0 Å². The van der Waals surface area contributed by atoms with E-state index in [9.17, 15) is 14.3 Å². The van der Waals surface area contributed by atoms with E-state index >= 15 is 0 Å². The zero-order valence-electron chi connectivity index (χ0n) is 36.8. The normalized spacial score (nSPS) is 14.3. The summed E-state index contributed by atoms with van der Waals surface area (Å²) in [6, 6.07) is 0. The molecule has 0 aliphatic rings. The average molecular weight is 808 g/mol. The highest BCUT2D eigenvalue weighted by Gasteiger charge is 2.20. The summed E-state index contributed by atoms with van der Waals surface area (Å²) in [6.45, 7) is 5.25. The first-order chi connectivity index (χ1) is 27.1. The van der Waals surface area contributed by atoms with Crippen LogP contribution in [-0.2, 0) is 27.9 Å². The molecule has 0 saturated carbocycles. The molecule has 326 valence electrons. The Morgan fingerprint density at radius 2 is 1.04 bits per heavy atom. The van der Waals surface area contributed by atoms with Gasteiger partial charge in [0.05, 0.1) is 34.4 Å². The van der Waals surface area contributed by atoms with Crippen molar-refractivity contribution in [1.29, 1.82) is 0 Å². The SMILES string of the molecule is CC/C=C\C/C=C\C/C=C\C/C=C\CCCCCCCCCCC(=O)OC(COCCCCCCCC/C=C\CCCCC)COP(=O)([O-])OCC[N+](C)(C)C. The highest BCUT2D eigenvalue weighted by Crippen LogP contribution is 2.38. The summed E-state index contributed by atoms with van der Waals surface area (Å²) in [5.41, 5.74) is 0. The zero-order chi connectivity index (χ0) is 41.3. The first kappa shape index (κ1) is 54.2. The van der Waals surface area contributed by atoms with Crippen LogP contribution in [0.5, 0.6) is 0 Å². The quantitative estimate of drug-likeness (QED) is 0.0200. The molecule has 0 N–H and O–H groups in total. The molecule has 0 heterocycles. The van der Waals surface area contributed by atoms with Gasteiger partial charge in [-0.15, -0.1) is 0 Å². The van der Waals surface area contributed by atoms with Crippen LogP contribution in [0.2, 0.25) is 0 Å². The lowest BCUT2D eigenvalue weighted by Gasteiger charge is -2.28. The molecule has 0 bridgehead atoms. The number of rotatable bonds is 41. The van der Waals surface area contributed by atoms with Gasteiger partial charge in [-0.1, -0.05) is 152 Å². The smallest absolute Gasteiger partial charge is 0.306 e. The number of nitrogens with zero attached hydrogens (tertiary/aromatic N) is 1. The molecule has 2 unspecified atom stereocenters. The van der Waals surface area contributed by atoms with E-state index in [1.807, 2.05) is 21.1 Å². The van der Waals surface area contributed by atoms with Gasteiger partial charge < -0.3 is 27.9 Å². The number of esters is 1. The summed E-state index contributed by atoms with van der Waals surface area (Å²) < 4.78 is 34.6. The molecule has 0 rings (SSSR count). The van der Waals surface area contributed by atoms with E-state index in [-0.39, 0.29) is 25.8 Å². The van der Waals surface area contributed by atoms with Crippen LogP contribution in [0, 0.1) is 0 Å². The van der Waals surface area contributed by atoms with Crippen molar-refractivity contribution in [2.45, 2.75) is 180 Å². The topological polar surface area (TPSA) is 94.1 Å². The molecule has 8 nitrogen and oxygen atoms in total. The van der Waals surface area contributed by atoms with Crippen LogP contribution >= 0.6 is 7.82 Å². The Kier molecular flexibility index (Phi) is 38.7. The summed E-state index contributed by atoms with van der Waals surface area (Å²) in [6.07, 6.45) is 49.4. The monoisotopic (exact) mass is 808 g/mol. The van der Waals surface area contributed by atoms with Crippen molar-refractivity contribution in [3.05, 3.63) is 60.8 Å². The number of carbonyl (C=O) groups excluding carboxylic acids is 1. The molecule has 0 aromatic carbocycles. The second kappa shape index (κ2) is 40.0. The molecule has 9 heteroatoms. The third-order valence-corrected chi connectivity index (χ3v) is 10.3. The van der Waals surface area contributed by atoms with E-state index in [2.05, 4.69) is 74.6 Å². The van der Waals surface area contributed by atoms with Crippen molar-refractivity contribution < 1.29 is 37.3 Å². The third kappa shape index (κ3) is 43.3. The Hall–Kier alpha value is -1.80. The van der Waals surface area contributed by atoms with Crippen molar-refractivity contribution in [2.24, 2.45) is 0 Å².